The molecule has 0 saturated heterocycles. The predicted octanol–water partition coefficient (Wildman–Crippen LogP) is 1.09. The molecular weight excluding hydrogens is 209 g/mol. The van der Waals surface area contributed by atoms with E-state index in [1.54, 1.807) is 12.1 Å². The summed E-state index contributed by atoms with van der Waals surface area (Å²) in [6.45, 7) is 0.404. The highest BCUT2D eigenvalue weighted by molar-refractivity contribution is 5.77. The van der Waals surface area contributed by atoms with Crippen LogP contribution < -0.4 is 5.32 Å². The maximum absolute atomic E-state index is 12.6. The summed E-state index contributed by atoms with van der Waals surface area (Å²) in [6.07, 6.45) is 4.97. The van der Waals surface area contributed by atoms with Gasteiger partial charge in [0.1, 0.15) is 12.4 Å². The van der Waals surface area contributed by atoms with E-state index >= 15 is 0 Å². The molecule has 0 saturated carbocycles. The number of terminal acetylenes is 1. The lowest BCUT2D eigenvalue weighted by Crippen LogP contribution is -2.27. The summed E-state index contributed by atoms with van der Waals surface area (Å²) < 4.78 is 17.7. The highest BCUT2D eigenvalue weighted by atomic mass is 19.1. The fourth-order valence-corrected chi connectivity index (χ4v) is 1.04. The molecule has 84 valence electrons. The van der Waals surface area contributed by atoms with Crippen LogP contribution >= 0.6 is 0 Å². The van der Waals surface area contributed by atoms with E-state index < -0.39 is 0 Å². The number of carbonyl (C=O) groups excluding carboxylic acids is 1. The molecule has 0 spiro atoms. The molecule has 0 aromatic heterocycles. The van der Waals surface area contributed by atoms with Crippen molar-refractivity contribution in [2.75, 3.05) is 13.2 Å². The number of hydrogen-bond acceptors (Lipinski definition) is 2. The van der Waals surface area contributed by atoms with E-state index in [0.29, 0.717) is 0 Å². The van der Waals surface area contributed by atoms with E-state index in [-0.39, 0.29) is 31.5 Å². The molecule has 1 aromatic rings. The molecule has 4 heteroatoms. The Labute approximate surface area is 93.6 Å². The van der Waals surface area contributed by atoms with Gasteiger partial charge in [0, 0.05) is 0 Å². The first-order valence-electron chi connectivity index (χ1n) is 4.74. The minimum absolute atomic E-state index is 0.0565. The number of amides is 1. The molecule has 16 heavy (non-hydrogen) atoms. The summed E-state index contributed by atoms with van der Waals surface area (Å²) in [5.41, 5.74) is 0.811. The maximum atomic E-state index is 12.6. The minimum Gasteiger partial charge on any atom is -0.367 e. The Hall–Kier alpha value is -1.86. The van der Waals surface area contributed by atoms with Gasteiger partial charge in [0.2, 0.25) is 5.91 Å². The van der Waals surface area contributed by atoms with Gasteiger partial charge in [-0.05, 0) is 17.7 Å². The number of ether oxygens (including phenoxy) is 1. The van der Waals surface area contributed by atoms with Crippen LogP contribution in [0.5, 0.6) is 0 Å². The van der Waals surface area contributed by atoms with Crippen molar-refractivity contribution in [2.24, 2.45) is 0 Å². The third-order valence-corrected chi connectivity index (χ3v) is 1.80. The number of nitrogens with one attached hydrogen (secondary N) is 1. The van der Waals surface area contributed by atoms with E-state index in [1.165, 1.54) is 12.1 Å². The third-order valence-electron chi connectivity index (χ3n) is 1.80. The Bertz CT molecular complexity index is 381. The van der Waals surface area contributed by atoms with E-state index in [1.807, 2.05) is 0 Å². The van der Waals surface area contributed by atoms with Gasteiger partial charge >= 0.3 is 0 Å². The summed E-state index contributed by atoms with van der Waals surface area (Å²) in [4.78, 5) is 11.1. The number of halogens is 1. The fraction of sp³-hybridized carbons (Fsp3) is 0.250. The lowest BCUT2D eigenvalue weighted by atomic mass is 10.2. The Morgan fingerprint density at radius 1 is 1.44 bits per heavy atom. The second-order valence-electron chi connectivity index (χ2n) is 3.10. The fourth-order valence-electron chi connectivity index (χ4n) is 1.04. The van der Waals surface area contributed by atoms with Crippen molar-refractivity contribution in [3.63, 3.8) is 0 Å². The van der Waals surface area contributed by atoms with Crippen molar-refractivity contribution in [1.82, 2.24) is 5.32 Å². The van der Waals surface area contributed by atoms with Crippen molar-refractivity contribution in [3.05, 3.63) is 35.6 Å². The molecule has 0 unspecified atom stereocenters. The van der Waals surface area contributed by atoms with E-state index in [2.05, 4.69) is 11.2 Å². The van der Waals surface area contributed by atoms with E-state index in [9.17, 15) is 9.18 Å². The lowest BCUT2D eigenvalue weighted by molar-refractivity contribution is -0.125. The number of carbonyl (C=O) groups is 1. The molecule has 0 atom stereocenters. The van der Waals surface area contributed by atoms with Gasteiger partial charge in [-0.15, -0.1) is 6.42 Å². The second-order valence-corrected chi connectivity index (χ2v) is 3.10. The van der Waals surface area contributed by atoms with Gasteiger partial charge in [0.25, 0.3) is 0 Å². The summed E-state index contributed by atoms with van der Waals surface area (Å²) in [5, 5.41) is 2.47. The highest BCUT2D eigenvalue weighted by Gasteiger charge is 2.00. The predicted molar refractivity (Wildman–Crippen MR) is 57.9 cm³/mol. The molecule has 3 nitrogen and oxygen atoms in total. The average Bonchev–Trinajstić information content (AvgIpc) is 2.29. The second kappa shape index (κ2) is 6.59. The quantitative estimate of drug-likeness (QED) is 0.756. The molecule has 0 aliphatic heterocycles. The first-order chi connectivity index (χ1) is 7.72. The van der Waals surface area contributed by atoms with Crippen LogP contribution in [0.15, 0.2) is 24.3 Å². The molecule has 1 aromatic carbocycles. The standard InChI is InChI=1S/C12H12FNO2/c1-2-7-14-12(15)9-16-8-10-3-5-11(13)6-4-10/h1,3-6H,7-9H2,(H,14,15). The summed E-state index contributed by atoms with van der Waals surface area (Å²) in [6, 6.07) is 5.90. The largest absolute Gasteiger partial charge is 0.367 e. The lowest BCUT2D eigenvalue weighted by Gasteiger charge is -2.04. The van der Waals surface area contributed by atoms with Crippen LogP contribution in [-0.4, -0.2) is 19.1 Å². The van der Waals surface area contributed by atoms with Gasteiger partial charge in [0.05, 0.1) is 13.2 Å². The molecule has 0 aliphatic rings. The van der Waals surface area contributed by atoms with Crippen LogP contribution in [0.25, 0.3) is 0 Å². The first kappa shape index (κ1) is 12.2. The van der Waals surface area contributed by atoms with Gasteiger partial charge < -0.3 is 10.1 Å². The highest BCUT2D eigenvalue weighted by Crippen LogP contribution is 2.03. The average molecular weight is 221 g/mol. The molecule has 0 fully saturated rings. The van der Waals surface area contributed by atoms with Gasteiger partial charge in [-0.2, -0.15) is 0 Å². The zero-order chi connectivity index (χ0) is 11.8. The molecule has 0 heterocycles. The zero-order valence-corrected chi connectivity index (χ0v) is 8.70. The van der Waals surface area contributed by atoms with Crippen molar-refractivity contribution in [3.8, 4) is 12.3 Å². The summed E-state index contributed by atoms with van der Waals surface area (Å²) in [5.74, 6) is 1.72. The first-order valence-corrected chi connectivity index (χ1v) is 4.74. The maximum Gasteiger partial charge on any atom is 0.246 e. The third kappa shape index (κ3) is 4.58. The molecular formula is C12H12FNO2. The van der Waals surface area contributed by atoms with Gasteiger partial charge in [-0.25, -0.2) is 4.39 Å². The summed E-state index contributed by atoms with van der Waals surface area (Å²) in [7, 11) is 0. The Kier molecular flexibility index (Phi) is 5.03. The van der Waals surface area contributed by atoms with Crippen molar-refractivity contribution >= 4 is 5.91 Å². The van der Waals surface area contributed by atoms with Crippen molar-refractivity contribution < 1.29 is 13.9 Å². The molecule has 1 amide bonds. The molecule has 1 N–H and O–H groups in total. The van der Waals surface area contributed by atoms with E-state index in [0.717, 1.165) is 5.56 Å². The van der Waals surface area contributed by atoms with Crippen LogP contribution in [0.4, 0.5) is 4.39 Å². The molecule has 0 bridgehead atoms. The number of benzene rings is 1. The zero-order valence-electron chi connectivity index (χ0n) is 8.70. The van der Waals surface area contributed by atoms with Crippen molar-refractivity contribution in [1.29, 1.82) is 0 Å². The Morgan fingerprint density at radius 3 is 2.75 bits per heavy atom. The van der Waals surface area contributed by atoms with Crippen LogP contribution in [-0.2, 0) is 16.1 Å². The van der Waals surface area contributed by atoms with Crippen LogP contribution in [0.2, 0.25) is 0 Å². The number of rotatable bonds is 5. The molecule has 1 rings (SSSR count). The molecule has 0 radical (unpaired) electrons. The topological polar surface area (TPSA) is 38.3 Å². The van der Waals surface area contributed by atoms with Crippen molar-refractivity contribution in [2.45, 2.75) is 6.61 Å². The normalized spacial score (nSPS) is 9.50. The smallest absolute Gasteiger partial charge is 0.246 e. The van der Waals surface area contributed by atoms with Gasteiger partial charge in [0.15, 0.2) is 0 Å². The molecule has 0 aliphatic carbocycles. The van der Waals surface area contributed by atoms with Crippen LogP contribution in [0.3, 0.4) is 0 Å². The summed E-state index contributed by atoms with van der Waals surface area (Å²) >= 11 is 0. The van der Waals surface area contributed by atoms with Crippen LogP contribution in [0.1, 0.15) is 5.56 Å². The van der Waals surface area contributed by atoms with E-state index in [4.69, 9.17) is 11.2 Å². The monoisotopic (exact) mass is 221 g/mol. The Balaban J connectivity index is 2.23. The number of hydrogen-bond donors (Lipinski definition) is 1. The van der Waals surface area contributed by atoms with Crippen LogP contribution in [0, 0.1) is 18.2 Å². The van der Waals surface area contributed by atoms with Gasteiger partial charge in [-0.1, -0.05) is 18.1 Å². The Morgan fingerprint density at radius 2 is 2.12 bits per heavy atom. The van der Waals surface area contributed by atoms with Gasteiger partial charge in [-0.3, -0.25) is 4.79 Å². The minimum atomic E-state index is -0.296. The SMILES string of the molecule is C#CCNC(=O)COCc1ccc(F)cc1.